The van der Waals surface area contributed by atoms with E-state index in [1.54, 1.807) is 0 Å². The third-order valence-corrected chi connectivity index (χ3v) is 2.62. The van der Waals surface area contributed by atoms with Gasteiger partial charge in [-0.3, -0.25) is 0 Å². The molecule has 74 valence electrons. The third kappa shape index (κ3) is 1.99. The van der Waals surface area contributed by atoms with Crippen molar-refractivity contribution in [2.75, 3.05) is 0 Å². The number of hydrogen-bond acceptors (Lipinski definition) is 0. The van der Waals surface area contributed by atoms with Crippen LogP contribution in [0.25, 0.3) is 11.1 Å². The minimum atomic E-state index is 0. The molecule has 0 aromatic heterocycles. The second-order valence-corrected chi connectivity index (χ2v) is 3.40. The van der Waals surface area contributed by atoms with Gasteiger partial charge in [0.25, 0.3) is 0 Å². The fraction of sp³-hybridized carbons (Fsp3) is 0.143. The van der Waals surface area contributed by atoms with Crippen molar-refractivity contribution < 1.29 is 26.2 Å². The van der Waals surface area contributed by atoms with Crippen LogP contribution >= 0.6 is 0 Å². The molecule has 0 radical (unpaired) electrons. The monoisotopic (exact) mass is 271 g/mol. The van der Waals surface area contributed by atoms with Gasteiger partial charge in [-0.05, 0) is 6.42 Å². The minimum Gasteiger partial charge on any atom is -0.179 e. The molecule has 1 aliphatic rings. The maximum Gasteiger partial charge on any atom is 0 e. The van der Waals surface area contributed by atoms with Crippen LogP contribution in [0.4, 0.5) is 0 Å². The van der Waals surface area contributed by atoms with E-state index in [4.69, 9.17) is 0 Å². The van der Waals surface area contributed by atoms with E-state index in [-0.39, 0.29) is 33.6 Å². The van der Waals surface area contributed by atoms with Crippen LogP contribution in [-0.4, -0.2) is 0 Å². The fourth-order valence-electron chi connectivity index (χ4n) is 2.00. The van der Waals surface area contributed by atoms with Crippen molar-refractivity contribution in [3.8, 4) is 11.1 Å². The van der Waals surface area contributed by atoms with E-state index in [9.17, 15) is 0 Å². The second-order valence-electron chi connectivity index (χ2n) is 3.40. The van der Waals surface area contributed by atoms with Crippen LogP contribution in [0.1, 0.15) is 18.6 Å². The van der Waals surface area contributed by atoms with Crippen molar-refractivity contribution in [2.24, 2.45) is 0 Å². The Hall–Kier alpha value is -0.677. The maximum atomic E-state index is 3.30. The molecule has 2 aromatic carbocycles. The van der Waals surface area contributed by atoms with E-state index in [1.807, 2.05) is 6.07 Å². The molecule has 0 bridgehead atoms. The van der Waals surface area contributed by atoms with Gasteiger partial charge in [-0.2, -0.15) is 29.8 Å². The molecule has 0 saturated carbocycles. The van der Waals surface area contributed by atoms with Gasteiger partial charge in [-0.15, -0.1) is 5.56 Å². The quantitative estimate of drug-likeness (QED) is 0.548. The first-order chi connectivity index (χ1) is 6.45. The molecule has 0 N–H and O–H groups in total. The van der Waals surface area contributed by atoms with Gasteiger partial charge in [0, 0.05) is 26.2 Å². The minimum absolute atomic E-state index is 0. The number of fused-ring (bicyclic) bond motifs is 3. The zero-order valence-corrected chi connectivity index (χ0v) is 10.2. The summed E-state index contributed by atoms with van der Waals surface area (Å²) in [5.41, 5.74) is 5.51. The van der Waals surface area contributed by atoms with Gasteiger partial charge in [-0.25, -0.2) is 0 Å². The van der Waals surface area contributed by atoms with Crippen molar-refractivity contribution in [1.82, 2.24) is 0 Å². The molecule has 0 saturated heterocycles. The summed E-state index contributed by atoms with van der Waals surface area (Å²) in [6.45, 7) is 0. The fourth-order valence-corrected chi connectivity index (χ4v) is 2.00. The molecule has 15 heavy (non-hydrogen) atoms. The predicted octanol–water partition coefficient (Wildman–Crippen LogP) is 3.69. The SMILES string of the molecule is C.[Zr].[c-]1cccc2c1Cc1ccccc1-2. The summed E-state index contributed by atoms with van der Waals surface area (Å²) in [5.74, 6) is 0. The topological polar surface area (TPSA) is 0 Å². The Kier molecular flexibility index (Phi) is 4.05. The molecule has 1 aliphatic carbocycles. The van der Waals surface area contributed by atoms with Crippen LogP contribution in [0, 0.1) is 6.07 Å². The first kappa shape index (κ1) is 12.4. The van der Waals surface area contributed by atoms with E-state index in [1.165, 1.54) is 22.3 Å². The average Bonchev–Trinajstić information content (AvgIpc) is 2.56. The van der Waals surface area contributed by atoms with E-state index in [2.05, 4.69) is 42.5 Å². The van der Waals surface area contributed by atoms with Gasteiger partial charge in [0.05, 0.1) is 0 Å². The third-order valence-electron chi connectivity index (χ3n) is 2.62. The number of hydrogen-bond donors (Lipinski definition) is 0. The van der Waals surface area contributed by atoms with Crippen LogP contribution in [0.2, 0.25) is 0 Å². The number of benzene rings is 2. The zero-order chi connectivity index (χ0) is 8.67. The summed E-state index contributed by atoms with van der Waals surface area (Å²) in [7, 11) is 0. The Morgan fingerprint density at radius 2 is 1.67 bits per heavy atom. The largest absolute Gasteiger partial charge is 0.179 e. The Morgan fingerprint density at radius 1 is 0.933 bits per heavy atom. The summed E-state index contributed by atoms with van der Waals surface area (Å²) in [5, 5.41) is 0. The molecular weight excluding hydrogens is 259 g/mol. The van der Waals surface area contributed by atoms with Gasteiger partial charge >= 0.3 is 0 Å². The van der Waals surface area contributed by atoms with Crippen molar-refractivity contribution in [3.05, 3.63) is 59.7 Å². The Morgan fingerprint density at radius 3 is 2.53 bits per heavy atom. The molecule has 0 fully saturated rings. The summed E-state index contributed by atoms with van der Waals surface area (Å²) in [6.07, 6.45) is 1.05. The summed E-state index contributed by atoms with van der Waals surface area (Å²) >= 11 is 0. The predicted molar refractivity (Wildman–Crippen MR) is 60.3 cm³/mol. The van der Waals surface area contributed by atoms with Crippen LogP contribution in [0.5, 0.6) is 0 Å². The molecule has 0 heterocycles. The summed E-state index contributed by atoms with van der Waals surface area (Å²) < 4.78 is 0. The van der Waals surface area contributed by atoms with Crippen molar-refractivity contribution in [3.63, 3.8) is 0 Å². The van der Waals surface area contributed by atoms with Crippen molar-refractivity contribution >= 4 is 0 Å². The Bertz CT molecular complexity index is 417. The van der Waals surface area contributed by atoms with Crippen LogP contribution < -0.4 is 0 Å². The molecular formula is C14H13Zr-. The standard InChI is InChI=1S/C13H9.CH4.Zr/c1-3-7-12-10(5-1)9-11-6-2-4-8-13(11)12;;/h1-5,7-8H,9H2;1H4;/q-1;;. The molecule has 1 heteroatoms. The molecule has 0 aliphatic heterocycles. The molecule has 2 aromatic rings. The van der Waals surface area contributed by atoms with Crippen LogP contribution in [-0.2, 0) is 32.6 Å². The van der Waals surface area contributed by atoms with E-state index in [0.717, 1.165) is 6.42 Å². The smallest absolute Gasteiger partial charge is 0 e. The second kappa shape index (κ2) is 4.90. The molecule has 0 amide bonds. The maximum absolute atomic E-state index is 3.30. The van der Waals surface area contributed by atoms with Gasteiger partial charge in [-0.1, -0.05) is 42.8 Å². The summed E-state index contributed by atoms with van der Waals surface area (Å²) in [6, 6.07) is 18.1. The molecule has 3 rings (SSSR count). The summed E-state index contributed by atoms with van der Waals surface area (Å²) in [4.78, 5) is 0. The molecule has 0 unspecified atom stereocenters. The molecule has 0 atom stereocenters. The van der Waals surface area contributed by atoms with Crippen molar-refractivity contribution in [1.29, 1.82) is 0 Å². The van der Waals surface area contributed by atoms with Crippen molar-refractivity contribution in [2.45, 2.75) is 13.8 Å². The van der Waals surface area contributed by atoms with E-state index < -0.39 is 0 Å². The van der Waals surface area contributed by atoms with Crippen LogP contribution in [0.15, 0.2) is 42.5 Å². The average molecular weight is 272 g/mol. The van der Waals surface area contributed by atoms with E-state index in [0.29, 0.717) is 0 Å². The van der Waals surface area contributed by atoms with Gasteiger partial charge in [0.1, 0.15) is 0 Å². The van der Waals surface area contributed by atoms with Gasteiger partial charge in [0.15, 0.2) is 0 Å². The first-order valence-corrected chi connectivity index (χ1v) is 4.53. The molecule has 0 nitrogen and oxygen atoms in total. The number of rotatable bonds is 0. The first-order valence-electron chi connectivity index (χ1n) is 4.53. The van der Waals surface area contributed by atoms with Gasteiger partial charge < -0.3 is 0 Å². The van der Waals surface area contributed by atoms with Gasteiger partial charge in [0.2, 0.25) is 0 Å². The van der Waals surface area contributed by atoms with E-state index >= 15 is 0 Å². The normalized spacial score (nSPS) is 10.7. The van der Waals surface area contributed by atoms with Crippen LogP contribution in [0.3, 0.4) is 0 Å². The zero-order valence-electron chi connectivity index (χ0n) is 7.75. The molecule has 0 spiro atoms. The Balaban J connectivity index is 0.000000562. The Labute approximate surface area is 110 Å².